The molecular weight excluding hydrogens is 555 g/mol. The minimum Gasteiger partial charge on any atom is -0.508 e. The first-order valence-corrected chi connectivity index (χ1v) is 15.0. The van der Waals surface area contributed by atoms with Gasteiger partial charge in [0.1, 0.15) is 17.1 Å². The number of nitrogens with zero attached hydrogens (tertiary/aromatic N) is 4. The number of fused-ring (bicyclic) bond motifs is 4. The molecule has 3 fully saturated rings. The number of hydrogen-bond acceptors (Lipinski definition) is 7. The van der Waals surface area contributed by atoms with Crippen molar-refractivity contribution in [3.05, 3.63) is 53.3 Å². The molecule has 220 valence electrons. The fourth-order valence-electron chi connectivity index (χ4n) is 7.44. The number of aliphatic hydroxyl groups is 1. The summed E-state index contributed by atoms with van der Waals surface area (Å²) in [6.45, 7) is 4.85. The van der Waals surface area contributed by atoms with Gasteiger partial charge < -0.3 is 24.7 Å². The minimum atomic E-state index is -0.581. The zero-order valence-electron chi connectivity index (χ0n) is 24.2. The van der Waals surface area contributed by atoms with E-state index in [9.17, 15) is 10.2 Å². The Bertz CT molecular complexity index is 1710. The number of aromatic hydroxyl groups is 1. The van der Waals surface area contributed by atoms with Crippen LogP contribution in [0.25, 0.3) is 32.8 Å². The lowest BCUT2D eigenvalue weighted by Crippen LogP contribution is -2.42. The van der Waals surface area contributed by atoms with Crippen LogP contribution in [0.5, 0.6) is 11.8 Å². The number of aliphatic hydroxyl groups excluding tert-OH is 1. The van der Waals surface area contributed by atoms with Gasteiger partial charge in [0.25, 0.3) is 0 Å². The van der Waals surface area contributed by atoms with Crippen molar-refractivity contribution >= 4 is 39.1 Å². The molecule has 0 amide bonds. The predicted molar refractivity (Wildman–Crippen MR) is 164 cm³/mol. The van der Waals surface area contributed by atoms with Crippen LogP contribution in [0.3, 0.4) is 0 Å². The van der Waals surface area contributed by atoms with Crippen LogP contribution in [0.1, 0.15) is 32.6 Å². The summed E-state index contributed by atoms with van der Waals surface area (Å²) in [5.41, 5.74) is 0.788. The smallest absolute Gasteiger partial charge is 0.319 e. The molecule has 1 saturated heterocycles. The molecule has 1 unspecified atom stereocenters. The van der Waals surface area contributed by atoms with Crippen LogP contribution in [0.2, 0.25) is 5.02 Å². The lowest BCUT2D eigenvalue weighted by molar-refractivity contribution is 0.136. The molecule has 3 aliphatic rings. The van der Waals surface area contributed by atoms with Crippen molar-refractivity contribution in [1.29, 1.82) is 0 Å². The van der Waals surface area contributed by atoms with Crippen molar-refractivity contribution in [1.82, 2.24) is 14.9 Å². The molecule has 2 bridgehead atoms. The highest BCUT2D eigenvalue weighted by Crippen LogP contribution is 2.49. The van der Waals surface area contributed by atoms with Crippen molar-refractivity contribution in [3.63, 3.8) is 0 Å². The van der Waals surface area contributed by atoms with E-state index in [0.717, 1.165) is 43.0 Å². The number of hydrogen-bond donors (Lipinski definition) is 2. The van der Waals surface area contributed by atoms with Gasteiger partial charge in [0.15, 0.2) is 5.82 Å². The monoisotopic (exact) mass is 590 g/mol. The second kappa shape index (κ2) is 9.93. The van der Waals surface area contributed by atoms with E-state index in [1.165, 1.54) is 0 Å². The minimum absolute atomic E-state index is 0.0258. The molecule has 2 N–H and O–H groups in total. The predicted octanol–water partition coefficient (Wildman–Crippen LogP) is 6.27. The largest absolute Gasteiger partial charge is 0.508 e. The molecule has 4 aromatic rings. The maximum atomic E-state index is 16.8. The van der Waals surface area contributed by atoms with Gasteiger partial charge in [-0.25, -0.2) is 4.39 Å². The molecule has 42 heavy (non-hydrogen) atoms. The fraction of sp³-hybridized carbons (Fsp3) is 0.455. The SMILES string of the molecule is CN(C)CC1(COc2nc(N3C[C@H]4CC(C)(C[C@@H]4O)C3)c3cc(Cl)c(-c4cc(O)cc5ccccc45)c(F)c3n2)CC1. The molecule has 3 aromatic carbocycles. The van der Waals surface area contributed by atoms with Gasteiger partial charge in [-0.05, 0) is 79.7 Å². The summed E-state index contributed by atoms with van der Waals surface area (Å²) in [5, 5.41) is 23.5. The molecule has 3 atom stereocenters. The van der Waals surface area contributed by atoms with E-state index in [0.29, 0.717) is 36.5 Å². The normalized spacial score (nSPS) is 24.6. The Labute approximate surface area is 249 Å². The third kappa shape index (κ3) is 4.83. The summed E-state index contributed by atoms with van der Waals surface area (Å²) >= 11 is 6.87. The van der Waals surface area contributed by atoms with E-state index < -0.39 is 5.82 Å². The van der Waals surface area contributed by atoms with E-state index in [1.807, 2.05) is 24.3 Å². The molecule has 1 aliphatic heterocycles. The number of piperidine rings is 1. The maximum Gasteiger partial charge on any atom is 0.319 e. The van der Waals surface area contributed by atoms with Crippen molar-refractivity contribution in [2.45, 2.75) is 38.7 Å². The van der Waals surface area contributed by atoms with Crippen LogP contribution in [0.15, 0.2) is 42.5 Å². The third-order valence-corrected chi connectivity index (χ3v) is 9.70. The van der Waals surface area contributed by atoms with E-state index in [1.54, 1.807) is 18.2 Å². The topological polar surface area (TPSA) is 82.0 Å². The summed E-state index contributed by atoms with van der Waals surface area (Å²) in [6.07, 6.45) is 3.45. The lowest BCUT2D eigenvalue weighted by Gasteiger charge is -2.39. The fourth-order valence-corrected chi connectivity index (χ4v) is 7.73. The number of ether oxygens (including phenoxy) is 1. The van der Waals surface area contributed by atoms with E-state index in [-0.39, 0.29) is 50.7 Å². The van der Waals surface area contributed by atoms with Crippen molar-refractivity contribution in [2.75, 3.05) is 45.2 Å². The number of halogens is 2. The Hall–Kier alpha value is -3.20. The molecule has 7 nitrogen and oxygen atoms in total. The highest BCUT2D eigenvalue weighted by Gasteiger charge is 2.48. The first kappa shape index (κ1) is 27.6. The van der Waals surface area contributed by atoms with Gasteiger partial charge in [-0.1, -0.05) is 42.8 Å². The summed E-state index contributed by atoms with van der Waals surface area (Å²) in [4.78, 5) is 13.8. The van der Waals surface area contributed by atoms with E-state index in [4.69, 9.17) is 21.3 Å². The number of benzene rings is 3. The molecule has 7 rings (SSSR count). The average Bonchev–Trinajstić information content (AvgIpc) is 3.65. The third-order valence-electron chi connectivity index (χ3n) is 9.40. The standard InChI is InChI=1S/C33H36ClFN4O3/c1-32-13-20(26(41)14-32)15-39(16-32)30-24-12-25(34)27(23-11-21(40)10-19-6-4-5-7-22(19)23)28(35)29(24)36-31(37-30)42-18-33(8-9-33)17-38(2)3/h4-7,10-12,20,26,40-41H,8-9,13-18H2,1-3H3/t20-,26+,32?/m1/s1. The molecule has 9 heteroatoms. The number of anilines is 1. The number of phenolic OH excluding ortho intramolecular Hbond substituents is 1. The molecular formula is C33H36ClFN4O3. The van der Waals surface area contributed by atoms with Crippen molar-refractivity contribution < 1.29 is 19.3 Å². The van der Waals surface area contributed by atoms with Crippen LogP contribution in [-0.2, 0) is 0 Å². The Balaban J connectivity index is 1.38. The van der Waals surface area contributed by atoms with Crippen LogP contribution >= 0.6 is 11.6 Å². The first-order valence-electron chi connectivity index (χ1n) is 14.7. The van der Waals surface area contributed by atoms with Crippen LogP contribution in [0, 0.1) is 22.6 Å². The molecule has 2 heterocycles. The molecule has 0 spiro atoms. The van der Waals surface area contributed by atoms with E-state index in [2.05, 4.69) is 35.8 Å². The second-order valence-corrected chi connectivity index (χ2v) is 13.8. The highest BCUT2D eigenvalue weighted by molar-refractivity contribution is 6.35. The highest BCUT2D eigenvalue weighted by atomic mass is 35.5. The van der Waals surface area contributed by atoms with Gasteiger partial charge in [-0.2, -0.15) is 9.97 Å². The van der Waals surface area contributed by atoms with Gasteiger partial charge in [0, 0.05) is 41.9 Å². The van der Waals surface area contributed by atoms with E-state index >= 15 is 4.39 Å². The van der Waals surface area contributed by atoms with Crippen molar-refractivity contribution in [2.24, 2.45) is 16.7 Å². The molecule has 1 aromatic heterocycles. The number of rotatable bonds is 7. The van der Waals surface area contributed by atoms with Crippen LogP contribution in [-0.4, -0.2) is 71.5 Å². The lowest BCUT2D eigenvalue weighted by atomic mass is 9.84. The summed E-state index contributed by atoms with van der Waals surface area (Å²) in [6, 6.07) is 12.6. The Morgan fingerprint density at radius 1 is 1.12 bits per heavy atom. The summed E-state index contributed by atoms with van der Waals surface area (Å²) in [5.74, 6) is 0.136. The van der Waals surface area contributed by atoms with Crippen LogP contribution in [0.4, 0.5) is 10.2 Å². The number of phenols is 1. The number of aromatic nitrogens is 2. The quantitative estimate of drug-likeness (QED) is 0.263. The van der Waals surface area contributed by atoms with Crippen LogP contribution < -0.4 is 9.64 Å². The van der Waals surface area contributed by atoms with Gasteiger partial charge >= 0.3 is 6.01 Å². The Kier molecular flexibility index (Phi) is 6.53. The molecule has 2 aliphatic carbocycles. The zero-order chi connectivity index (χ0) is 29.4. The summed E-state index contributed by atoms with van der Waals surface area (Å²) < 4.78 is 23.0. The Morgan fingerprint density at radius 2 is 1.90 bits per heavy atom. The maximum absolute atomic E-state index is 16.8. The van der Waals surface area contributed by atoms with Gasteiger partial charge in [0.2, 0.25) is 0 Å². The van der Waals surface area contributed by atoms with Crippen molar-refractivity contribution in [3.8, 4) is 22.9 Å². The Morgan fingerprint density at radius 3 is 2.64 bits per heavy atom. The molecule has 0 radical (unpaired) electrons. The second-order valence-electron chi connectivity index (χ2n) is 13.4. The summed E-state index contributed by atoms with van der Waals surface area (Å²) in [7, 11) is 4.10. The van der Waals surface area contributed by atoms with Gasteiger partial charge in [0.05, 0.1) is 17.7 Å². The van der Waals surface area contributed by atoms with Gasteiger partial charge in [-0.3, -0.25) is 0 Å². The average molecular weight is 591 g/mol. The van der Waals surface area contributed by atoms with Gasteiger partial charge in [-0.15, -0.1) is 0 Å². The first-order chi connectivity index (χ1) is 20.0. The zero-order valence-corrected chi connectivity index (χ0v) is 25.0. The molecule has 2 saturated carbocycles.